The van der Waals surface area contributed by atoms with E-state index in [-0.39, 0.29) is 12.0 Å². The molecule has 2 N–H and O–H groups in total. The van der Waals surface area contributed by atoms with Gasteiger partial charge in [0.15, 0.2) is 4.96 Å². The standard InChI is InChI=1S/C13H21N3OS/c1-3-13(4-2,10-17)9-14-7-11-8-16-5-6-18-12(16)15-11/h5-6,8,14,17H,3-4,7,9-10H2,1-2H3. The van der Waals surface area contributed by atoms with Crippen LogP contribution in [0.3, 0.4) is 0 Å². The van der Waals surface area contributed by atoms with Crippen LogP contribution in [-0.4, -0.2) is 27.6 Å². The normalized spacial score (nSPS) is 12.4. The molecule has 0 radical (unpaired) electrons. The SMILES string of the molecule is CCC(CC)(CO)CNCc1cn2ccsc2n1. The maximum Gasteiger partial charge on any atom is 0.193 e. The molecule has 0 aromatic carbocycles. The molecular formula is C13H21N3OS. The van der Waals surface area contributed by atoms with Crippen molar-refractivity contribution in [1.82, 2.24) is 14.7 Å². The van der Waals surface area contributed by atoms with Crippen LogP contribution in [0, 0.1) is 5.41 Å². The summed E-state index contributed by atoms with van der Waals surface area (Å²) < 4.78 is 2.04. The Hall–Kier alpha value is -0.910. The molecule has 0 saturated carbocycles. The quantitative estimate of drug-likeness (QED) is 0.809. The minimum Gasteiger partial charge on any atom is -0.396 e. The molecule has 4 nitrogen and oxygen atoms in total. The van der Waals surface area contributed by atoms with E-state index in [4.69, 9.17) is 0 Å². The number of aliphatic hydroxyl groups excluding tert-OH is 1. The molecule has 100 valence electrons. The van der Waals surface area contributed by atoms with Gasteiger partial charge in [-0.05, 0) is 12.8 Å². The Kier molecular flexibility index (Phi) is 4.37. The molecule has 0 bridgehead atoms. The van der Waals surface area contributed by atoms with Gasteiger partial charge in [-0.2, -0.15) is 0 Å². The summed E-state index contributed by atoms with van der Waals surface area (Å²) in [7, 11) is 0. The van der Waals surface area contributed by atoms with Crippen LogP contribution in [0.15, 0.2) is 17.8 Å². The van der Waals surface area contributed by atoms with Gasteiger partial charge in [0, 0.05) is 42.9 Å². The van der Waals surface area contributed by atoms with E-state index >= 15 is 0 Å². The van der Waals surface area contributed by atoms with Crippen molar-refractivity contribution < 1.29 is 5.11 Å². The van der Waals surface area contributed by atoms with Gasteiger partial charge in [0.2, 0.25) is 0 Å². The van der Waals surface area contributed by atoms with E-state index in [0.29, 0.717) is 0 Å². The first-order chi connectivity index (χ1) is 8.73. The van der Waals surface area contributed by atoms with Gasteiger partial charge in [0.1, 0.15) is 0 Å². The second-order valence-corrected chi connectivity index (χ2v) is 5.67. The average Bonchev–Trinajstić information content (AvgIpc) is 2.96. The number of rotatable bonds is 7. The Labute approximate surface area is 112 Å². The number of hydrogen-bond acceptors (Lipinski definition) is 4. The first-order valence-corrected chi connectivity index (χ1v) is 7.33. The highest BCUT2D eigenvalue weighted by molar-refractivity contribution is 7.15. The van der Waals surface area contributed by atoms with Gasteiger partial charge in [-0.3, -0.25) is 4.40 Å². The van der Waals surface area contributed by atoms with Crippen LogP contribution in [0.2, 0.25) is 0 Å². The number of aliphatic hydroxyl groups is 1. The third kappa shape index (κ3) is 2.74. The van der Waals surface area contributed by atoms with Crippen LogP contribution in [0.25, 0.3) is 4.96 Å². The van der Waals surface area contributed by atoms with Crippen LogP contribution < -0.4 is 5.32 Å². The van der Waals surface area contributed by atoms with Crippen molar-refractivity contribution in [2.24, 2.45) is 5.41 Å². The zero-order valence-corrected chi connectivity index (χ0v) is 11.8. The molecule has 0 aliphatic rings. The van der Waals surface area contributed by atoms with E-state index in [0.717, 1.165) is 36.6 Å². The summed E-state index contributed by atoms with van der Waals surface area (Å²) in [5.74, 6) is 0. The summed E-state index contributed by atoms with van der Waals surface area (Å²) in [5.41, 5.74) is 1.07. The van der Waals surface area contributed by atoms with Gasteiger partial charge in [-0.1, -0.05) is 13.8 Å². The predicted molar refractivity (Wildman–Crippen MR) is 74.9 cm³/mol. The largest absolute Gasteiger partial charge is 0.396 e. The van der Waals surface area contributed by atoms with E-state index in [2.05, 4.69) is 30.3 Å². The highest BCUT2D eigenvalue weighted by Gasteiger charge is 2.24. The van der Waals surface area contributed by atoms with Crippen molar-refractivity contribution >= 4 is 16.3 Å². The summed E-state index contributed by atoms with van der Waals surface area (Å²) in [4.78, 5) is 5.56. The third-order valence-electron chi connectivity index (χ3n) is 3.78. The van der Waals surface area contributed by atoms with Crippen LogP contribution in [0.1, 0.15) is 32.4 Å². The summed E-state index contributed by atoms with van der Waals surface area (Å²) >= 11 is 1.64. The number of imidazole rings is 1. The highest BCUT2D eigenvalue weighted by atomic mass is 32.1. The van der Waals surface area contributed by atoms with Crippen molar-refractivity contribution in [3.05, 3.63) is 23.5 Å². The molecule has 0 unspecified atom stereocenters. The molecule has 0 fully saturated rings. The Bertz CT molecular complexity index is 450. The van der Waals surface area contributed by atoms with Gasteiger partial charge < -0.3 is 10.4 Å². The number of nitrogens with zero attached hydrogens (tertiary/aromatic N) is 2. The molecule has 5 heteroatoms. The fourth-order valence-electron chi connectivity index (χ4n) is 2.10. The van der Waals surface area contributed by atoms with E-state index in [1.54, 1.807) is 11.3 Å². The summed E-state index contributed by atoms with van der Waals surface area (Å²) in [5, 5.41) is 14.9. The Balaban J connectivity index is 1.90. The molecule has 0 saturated heterocycles. The molecule has 2 aromatic rings. The van der Waals surface area contributed by atoms with Crippen LogP contribution in [0.5, 0.6) is 0 Å². The van der Waals surface area contributed by atoms with Gasteiger partial charge >= 0.3 is 0 Å². The fraction of sp³-hybridized carbons (Fsp3) is 0.615. The lowest BCUT2D eigenvalue weighted by Gasteiger charge is -2.29. The average molecular weight is 267 g/mol. The lowest BCUT2D eigenvalue weighted by atomic mass is 9.83. The Morgan fingerprint density at radius 1 is 1.44 bits per heavy atom. The molecule has 0 spiro atoms. The van der Waals surface area contributed by atoms with Gasteiger partial charge in [-0.15, -0.1) is 11.3 Å². The minimum absolute atomic E-state index is 0.0110. The molecular weight excluding hydrogens is 246 g/mol. The number of fused-ring (bicyclic) bond motifs is 1. The second kappa shape index (κ2) is 5.82. The van der Waals surface area contributed by atoms with Gasteiger partial charge in [0.25, 0.3) is 0 Å². The second-order valence-electron chi connectivity index (χ2n) is 4.79. The lowest BCUT2D eigenvalue weighted by Crippen LogP contribution is -2.36. The zero-order valence-electron chi connectivity index (χ0n) is 11.0. The number of aromatic nitrogens is 2. The molecule has 0 atom stereocenters. The van der Waals surface area contributed by atoms with E-state index < -0.39 is 0 Å². The van der Waals surface area contributed by atoms with Crippen molar-refractivity contribution in [1.29, 1.82) is 0 Å². The molecule has 0 aliphatic carbocycles. The Morgan fingerprint density at radius 2 is 2.22 bits per heavy atom. The van der Waals surface area contributed by atoms with Crippen LogP contribution >= 0.6 is 11.3 Å². The van der Waals surface area contributed by atoms with Gasteiger partial charge in [-0.25, -0.2) is 4.98 Å². The number of nitrogens with one attached hydrogen (secondary N) is 1. The molecule has 2 aromatic heterocycles. The van der Waals surface area contributed by atoms with Crippen molar-refractivity contribution in [3.8, 4) is 0 Å². The lowest BCUT2D eigenvalue weighted by molar-refractivity contribution is 0.113. The Morgan fingerprint density at radius 3 is 2.83 bits per heavy atom. The monoisotopic (exact) mass is 267 g/mol. The van der Waals surface area contributed by atoms with Crippen molar-refractivity contribution in [3.63, 3.8) is 0 Å². The molecule has 18 heavy (non-hydrogen) atoms. The van der Waals surface area contributed by atoms with E-state index in [9.17, 15) is 5.11 Å². The topological polar surface area (TPSA) is 49.6 Å². The first kappa shape index (κ1) is 13.5. The summed E-state index contributed by atoms with van der Waals surface area (Å²) in [6, 6.07) is 0. The zero-order chi connectivity index (χ0) is 13.0. The molecule has 2 rings (SSSR count). The van der Waals surface area contributed by atoms with Gasteiger partial charge in [0.05, 0.1) is 5.69 Å². The highest BCUT2D eigenvalue weighted by Crippen LogP contribution is 2.24. The molecule has 2 heterocycles. The molecule has 0 aliphatic heterocycles. The minimum atomic E-state index is 0.0110. The van der Waals surface area contributed by atoms with Crippen molar-refractivity contribution in [2.75, 3.05) is 13.2 Å². The number of hydrogen-bond donors (Lipinski definition) is 2. The smallest absolute Gasteiger partial charge is 0.193 e. The summed E-state index contributed by atoms with van der Waals surface area (Å²) in [6.07, 6.45) is 6.06. The predicted octanol–water partition coefficient (Wildman–Crippen LogP) is 2.28. The van der Waals surface area contributed by atoms with Crippen LogP contribution in [-0.2, 0) is 6.54 Å². The van der Waals surface area contributed by atoms with Crippen molar-refractivity contribution in [2.45, 2.75) is 33.2 Å². The third-order valence-corrected chi connectivity index (χ3v) is 4.56. The first-order valence-electron chi connectivity index (χ1n) is 6.45. The number of thiazole rings is 1. The maximum absolute atomic E-state index is 9.50. The maximum atomic E-state index is 9.50. The summed E-state index contributed by atoms with van der Waals surface area (Å²) in [6.45, 7) is 6.10. The van der Waals surface area contributed by atoms with E-state index in [1.165, 1.54) is 0 Å². The van der Waals surface area contributed by atoms with Crippen LogP contribution in [0.4, 0.5) is 0 Å². The van der Waals surface area contributed by atoms with E-state index in [1.807, 2.05) is 16.0 Å². The molecule has 0 amide bonds. The fourth-order valence-corrected chi connectivity index (χ4v) is 2.82.